The minimum absolute atomic E-state index is 0.129. The van der Waals surface area contributed by atoms with E-state index in [0.29, 0.717) is 17.7 Å². The van der Waals surface area contributed by atoms with Crippen LogP contribution in [0.2, 0.25) is 0 Å². The van der Waals surface area contributed by atoms with Gasteiger partial charge in [-0.3, -0.25) is 0 Å². The fourth-order valence-corrected chi connectivity index (χ4v) is 2.59. The van der Waals surface area contributed by atoms with E-state index in [0.717, 1.165) is 4.88 Å². The highest BCUT2D eigenvalue weighted by atomic mass is 32.1. The normalized spacial score (nSPS) is 12.6. The average molecular weight is 329 g/mol. The number of aryl methyl sites for hydroxylation is 1. The van der Waals surface area contributed by atoms with Crippen molar-refractivity contribution in [2.75, 3.05) is 13.7 Å². The molecule has 124 valence electrons. The van der Waals surface area contributed by atoms with E-state index in [4.69, 9.17) is 4.74 Å². The number of hydrogen-bond acceptors (Lipinski definition) is 6. The Balaban J connectivity index is 2.31. The third kappa shape index (κ3) is 6.91. The molecule has 0 aromatic carbocycles. The van der Waals surface area contributed by atoms with Crippen molar-refractivity contribution < 1.29 is 24.2 Å². The van der Waals surface area contributed by atoms with E-state index in [1.54, 1.807) is 26.8 Å². The molecular formula is C15H23NO5S. The summed E-state index contributed by atoms with van der Waals surface area (Å²) in [7, 11) is 1.34. The van der Waals surface area contributed by atoms with Crippen LogP contribution in [0.5, 0.6) is 0 Å². The van der Waals surface area contributed by atoms with Gasteiger partial charge >= 0.3 is 12.1 Å². The Morgan fingerprint density at radius 3 is 2.64 bits per heavy atom. The van der Waals surface area contributed by atoms with Gasteiger partial charge in [0, 0.05) is 11.4 Å². The number of methoxy groups -OCH3 is 1. The molecule has 0 bridgehead atoms. The van der Waals surface area contributed by atoms with Gasteiger partial charge in [-0.25, -0.2) is 9.59 Å². The quantitative estimate of drug-likeness (QED) is 0.783. The number of thiophene rings is 1. The Morgan fingerprint density at radius 2 is 2.05 bits per heavy atom. The van der Waals surface area contributed by atoms with Gasteiger partial charge in [-0.15, -0.1) is 11.3 Å². The molecule has 1 aromatic heterocycles. The Bertz CT molecular complexity index is 506. The maximum absolute atomic E-state index is 11.5. The highest BCUT2D eigenvalue weighted by molar-refractivity contribution is 7.13. The van der Waals surface area contributed by atoms with Crippen molar-refractivity contribution in [3.05, 3.63) is 21.9 Å². The first-order valence-corrected chi connectivity index (χ1v) is 7.85. The fraction of sp³-hybridized carbons (Fsp3) is 0.600. The van der Waals surface area contributed by atoms with Crippen molar-refractivity contribution in [3.8, 4) is 0 Å². The van der Waals surface area contributed by atoms with E-state index in [1.807, 2.05) is 6.07 Å². The summed E-state index contributed by atoms with van der Waals surface area (Å²) in [6, 6.07) is 3.54. The predicted molar refractivity (Wildman–Crippen MR) is 84.2 cm³/mol. The van der Waals surface area contributed by atoms with E-state index in [1.165, 1.54) is 18.4 Å². The van der Waals surface area contributed by atoms with Crippen LogP contribution in [0.3, 0.4) is 0 Å². The molecule has 0 aliphatic rings. The lowest BCUT2D eigenvalue weighted by Crippen LogP contribution is -2.37. The maximum atomic E-state index is 11.5. The van der Waals surface area contributed by atoms with E-state index >= 15 is 0 Å². The monoisotopic (exact) mass is 329 g/mol. The molecule has 0 aliphatic heterocycles. The van der Waals surface area contributed by atoms with E-state index < -0.39 is 17.8 Å². The van der Waals surface area contributed by atoms with Gasteiger partial charge in [-0.1, -0.05) is 0 Å². The van der Waals surface area contributed by atoms with Crippen molar-refractivity contribution in [1.29, 1.82) is 0 Å². The second kappa shape index (κ2) is 8.14. The van der Waals surface area contributed by atoms with Crippen LogP contribution in [0.25, 0.3) is 0 Å². The molecule has 1 rings (SSSR count). The van der Waals surface area contributed by atoms with Crippen LogP contribution in [0.1, 0.15) is 41.7 Å². The number of carbonyl (C=O) groups excluding carboxylic acids is 2. The Hall–Kier alpha value is -1.60. The molecule has 0 saturated heterocycles. The lowest BCUT2D eigenvalue weighted by atomic mass is 10.2. The summed E-state index contributed by atoms with van der Waals surface area (Å²) in [5.74, 6) is -0.358. The molecule has 0 saturated carbocycles. The Morgan fingerprint density at radius 1 is 1.36 bits per heavy atom. The lowest BCUT2D eigenvalue weighted by molar-refractivity contribution is 0.0488. The number of aliphatic hydroxyl groups excluding tert-OH is 1. The van der Waals surface area contributed by atoms with Crippen molar-refractivity contribution in [1.82, 2.24) is 5.32 Å². The Labute approximate surface area is 134 Å². The molecule has 1 atom stereocenters. The van der Waals surface area contributed by atoms with Gasteiger partial charge in [-0.2, -0.15) is 0 Å². The van der Waals surface area contributed by atoms with Crippen LogP contribution < -0.4 is 5.32 Å². The van der Waals surface area contributed by atoms with Gasteiger partial charge in [0.25, 0.3) is 0 Å². The molecule has 1 heterocycles. The summed E-state index contributed by atoms with van der Waals surface area (Å²) in [6.45, 7) is 5.46. The third-order valence-electron chi connectivity index (χ3n) is 2.65. The standard InChI is InChI=1S/C15H23NO5S/c1-15(2,3)21-14(19)16-9-10(17)5-6-11-7-8-12(22-11)13(18)20-4/h7-8,10,17H,5-6,9H2,1-4H3,(H,16,19). The molecule has 1 amide bonds. The number of amides is 1. The minimum atomic E-state index is -0.670. The molecule has 22 heavy (non-hydrogen) atoms. The third-order valence-corrected chi connectivity index (χ3v) is 3.78. The van der Waals surface area contributed by atoms with Crippen LogP contribution in [0.15, 0.2) is 12.1 Å². The highest BCUT2D eigenvalue weighted by Gasteiger charge is 2.17. The smallest absolute Gasteiger partial charge is 0.407 e. The maximum Gasteiger partial charge on any atom is 0.407 e. The number of aliphatic hydroxyl groups is 1. The molecule has 6 nitrogen and oxygen atoms in total. The van der Waals surface area contributed by atoms with E-state index in [9.17, 15) is 14.7 Å². The summed E-state index contributed by atoms with van der Waals surface area (Å²) in [5.41, 5.74) is -0.559. The van der Waals surface area contributed by atoms with E-state index in [2.05, 4.69) is 10.1 Å². The van der Waals surface area contributed by atoms with Crippen LogP contribution in [-0.4, -0.2) is 42.5 Å². The number of hydrogen-bond donors (Lipinski definition) is 2. The first-order chi connectivity index (χ1) is 10.2. The number of rotatable bonds is 6. The number of ether oxygens (including phenoxy) is 2. The van der Waals surface area contributed by atoms with Crippen molar-refractivity contribution in [2.24, 2.45) is 0 Å². The second-order valence-corrected chi connectivity index (χ2v) is 7.00. The topological polar surface area (TPSA) is 84.9 Å². The van der Waals surface area contributed by atoms with Crippen LogP contribution >= 0.6 is 11.3 Å². The molecule has 0 spiro atoms. The van der Waals surface area contributed by atoms with Gasteiger partial charge < -0.3 is 19.9 Å². The molecule has 0 aliphatic carbocycles. The molecule has 1 aromatic rings. The molecule has 0 radical (unpaired) electrons. The van der Waals surface area contributed by atoms with Crippen molar-refractivity contribution >= 4 is 23.4 Å². The number of nitrogens with one attached hydrogen (secondary N) is 1. The first kappa shape index (κ1) is 18.4. The molecule has 7 heteroatoms. The fourth-order valence-electron chi connectivity index (χ4n) is 1.65. The average Bonchev–Trinajstić information content (AvgIpc) is 2.89. The summed E-state index contributed by atoms with van der Waals surface area (Å²) in [5, 5.41) is 12.4. The summed E-state index contributed by atoms with van der Waals surface area (Å²) < 4.78 is 9.72. The lowest BCUT2D eigenvalue weighted by Gasteiger charge is -2.20. The predicted octanol–water partition coefficient (Wildman–Crippen LogP) is 2.35. The van der Waals surface area contributed by atoms with Gasteiger partial charge in [-0.05, 0) is 45.7 Å². The van der Waals surface area contributed by atoms with Gasteiger partial charge in [0.1, 0.15) is 10.5 Å². The summed E-state index contributed by atoms with van der Waals surface area (Å²) >= 11 is 1.34. The Kier molecular flexibility index (Phi) is 6.83. The van der Waals surface area contributed by atoms with Crippen LogP contribution in [-0.2, 0) is 15.9 Å². The number of alkyl carbamates (subject to hydrolysis) is 1. The molecule has 1 unspecified atom stereocenters. The molecular weight excluding hydrogens is 306 g/mol. The van der Waals surface area contributed by atoms with Gasteiger partial charge in [0.2, 0.25) is 0 Å². The first-order valence-electron chi connectivity index (χ1n) is 7.03. The summed E-state index contributed by atoms with van der Waals surface area (Å²) in [4.78, 5) is 24.3. The number of carbonyl (C=O) groups is 2. The van der Waals surface area contributed by atoms with Crippen LogP contribution in [0, 0.1) is 0 Å². The van der Waals surface area contributed by atoms with Crippen molar-refractivity contribution in [3.63, 3.8) is 0 Å². The summed E-state index contributed by atoms with van der Waals surface area (Å²) in [6.07, 6.45) is -0.109. The molecule has 2 N–H and O–H groups in total. The molecule has 0 fully saturated rings. The largest absolute Gasteiger partial charge is 0.465 e. The SMILES string of the molecule is COC(=O)c1ccc(CCC(O)CNC(=O)OC(C)(C)C)s1. The van der Waals surface area contributed by atoms with E-state index in [-0.39, 0.29) is 12.5 Å². The zero-order valence-electron chi connectivity index (χ0n) is 13.3. The van der Waals surface area contributed by atoms with Gasteiger partial charge in [0.15, 0.2) is 0 Å². The zero-order valence-corrected chi connectivity index (χ0v) is 14.2. The minimum Gasteiger partial charge on any atom is -0.465 e. The van der Waals surface area contributed by atoms with Crippen molar-refractivity contribution in [2.45, 2.75) is 45.3 Å². The van der Waals surface area contributed by atoms with Gasteiger partial charge in [0.05, 0.1) is 13.2 Å². The number of esters is 1. The van der Waals surface area contributed by atoms with Crippen LogP contribution in [0.4, 0.5) is 4.79 Å². The second-order valence-electron chi connectivity index (χ2n) is 5.83. The highest BCUT2D eigenvalue weighted by Crippen LogP contribution is 2.19. The zero-order chi connectivity index (χ0) is 16.8.